The van der Waals surface area contributed by atoms with Gasteiger partial charge in [0, 0.05) is 6.42 Å². The number of aliphatic hydroxyl groups excluding tert-OH is 1. The average molecular weight is 1130 g/mol. The number of carboxylic acids is 2. The van der Waals surface area contributed by atoms with Crippen molar-refractivity contribution in [3.63, 3.8) is 0 Å². The number of phenolic OH excluding ortho intramolecular Hbond substituents is 1. The van der Waals surface area contributed by atoms with E-state index in [1.807, 2.05) is 19.1 Å². The normalized spacial score (nSPS) is 30.8. The van der Waals surface area contributed by atoms with Gasteiger partial charge in [-0.05, 0) is 224 Å². The maximum atomic E-state index is 14.4. The molecule has 0 unspecified atom stereocenters. The standard InChI is InChI=1S/C64H96O15.Na/c1-40-34-36-48-24-11-22-45(74-48)21-8-17-43-19-10-30-52(67)58(43)60(69)79-54(39-44(65)38-50-28-15-33-56(77-50)64(5,6)62(72)73)41(2)35-37-49-25-12-23-46(75-49)20-7-16-42-18-9-29-51(66)57(42)59(68)78-53(40)31-13-26-47-27-14-32-55(76-47)63(3,4)61(70)71;/h9-10,18-19,29-30,40-41,44-50,53-56,65-67H,7-8,11-17,20-28,31-39H2,1-6H3,(H,70,71)(H,72,73);/q;+1/p-1/t40-,41-,44-,45-,46-,47+,48-,49-,50-,53+,54+,55+,56+;/m0./s1. The number of rotatable bonds is 12. The molecular formula is C64H95NaO15. The fourth-order valence-electron chi connectivity index (χ4n) is 13.2. The molecule has 0 amide bonds. The first-order valence-corrected chi connectivity index (χ1v) is 30.5. The van der Waals surface area contributed by atoms with Crippen LogP contribution in [-0.2, 0) is 50.9 Å². The Morgan fingerprint density at radius 2 is 1.01 bits per heavy atom. The molecule has 13 atom stereocenters. The van der Waals surface area contributed by atoms with Crippen molar-refractivity contribution in [3.8, 4) is 11.5 Å². The Labute approximate surface area is 498 Å². The summed E-state index contributed by atoms with van der Waals surface area (Å²) < 4.78 is 39.0. The predicted molar refractivity (Wildman–Crippen MR) is 297 cm³/mol. The summed E-state index contributed by atoms with van der Waals surface area (Å²) in [4.78, 5) is 53.0. The fourth-order valence-corrected chi connectivity index (χ4v) is 13.2. The Bertz CT molecular complexity index is 2300. The van der Waals surface area contributed by atoms with Crippen LogP contribution in [0.5, 0.6) is 11.5 Å². The summed E-state index contributed by atoms with van der Waals surface area (Å²) in [5.41, 5.74) is -0.511. The quantitative estimate of drug-likeness (QED) is 0.115. The number of carbonyl (C=O) groups is 4. The first kappa shape index (κ1) is 65.9. The van der Waals surface area contributed by atoms with E-state index in [-0.39, 0.29) is 120 Å². The smallest absolute Gasteiger partial charge is 0.872 e. The summed E-state index contributed by atoms with van der Waals surface area (Å²) in [5, 5.41) is 56.4. The SMILES string of the molecule is C[C@H]1CC[C@@H]2CCC[C@H](CCCc3cccc(O)c3C(=O)O[C@H](C[C@@H](O)C[C@@H]3CCC[C@H](C(C)(C)C(=O)O)O3)[C@@H](C)CC[C@@H]3CCC[C@H](CCCc4cccc([O-])c4C(=O)O[C@@H]1CCC[C@@H]1CCC[C@H](C(C)(C)C(=O)O)O1)O3)O2.[Na+]. The zero-order valence-corrected chi connectivity index (χ0v) is 51.3. The monoisotopic (exact) mass is 1130 g/mol. The summed E-state index contributed by atoms with van der Waals surface area (Å²) in [5.74, 6) is -3.78. The van der Waals surface area contributed by atoms with Crippen LogP contribution in [-0.4, -0.2) is 111 Å². The van der Waals surface area contributed by atoms with Gasteiger partial charge in [-0.2, -0.15) is 0 Å². The molecule has 4 saturated heterocycles. The largest absolute Gasteiger partial charge is 1.00 e. The molecule has 5 aliphatic heterocycles. The molecule has 5 heterocycles. The molecule has 0 saturated carbocycles. The Kier molecular flexibility index (Phi) is 25.5. The van der Waals surface area contributed by atoms with Crippen molar-refractivity contribution in [3.05, 3.63) is 58.7 Å². The summed E-state index contributed by atoms with van der Waals surface area (Å²) in [7, 11) is 0. The number of aliphatic carboxylic acids is 2. The first-order chi connectivity index (χ1) is 37.7. The number of benzene rings is 2. The third-order valence-electron chi connectivity index (χ3n) is 18.6. The van der Waals surface area contributed by atoms with Gasteiger partial charge in [0.25, 0.3) is 0 Å². The van der Waals surface area contributed by atoms with Crippen LogP contribution in [0.4, 0.5) is 0 Å². The number of carbonyl (C=O) groups excluding carboxylic acids is 2. The second-order valence-electron chi connectivity index (χ2n) is 25.5. The summed E-state index contributed by atoms with van der Waals surface area (Å²) in [6, 6.07) is 10.1. The molecule has 0 radical (unpaired) electrons. The van der Waals surface area contributed by atoms with Gasteiger partial charge in [-0.3, -0.25) is 9.59 Å². The van der Waals surface area contributed by atoms with Gasteiger partial charge in [-0.25, -0.2) is 9.59 Å². The number of phenols is 1. The Hall–Kier alpha value is -3.28. The van der Waals surface area contributed by atoms with Crippen LogP contribution in [0.15, 0.2) is 36.4 Å². The van der Waals surface area contributed by atoms with Crippen molar-refractivity contribution in [1.82, 2.24) is 0 Å². The van der Waals surface area contributed by atoms with Gasteiger partial charge in [0.2, 0.25) is 0 Å². The van der Waals surface area contributed by atoms with Crippen LogP contribution in [0.3, 0.4) is 0 Å². The molecule has 16 heteroatoms. The van der Waals surface area contributed by atoms with Crippen LogP contribution in [0.2, 0.25) is 0 Å². The number of aromatic hydroxyl groups is 1. The molecule has 2 aromatic rings. The van der Waals surface area contributed by atoms with E-state index in [1.54, 1.807) is 39.8 Å². The van der Waals surface area contributed by atoms with E-state index >= 15 is 0 Å². The van der Waals surface area contributed by atoms with Gasteiger partial charge in [0.1, 0.15) is 23.5 Å². The molecule has 4 bridgehead atoms. The van der Waals surface area contributed by atoms with Crippen LogP contribution in [0.25, 0.3) is 0 Å². The number of esters is 2. The maximum absolute atomic E-state index is 14.4. The van der Waals surface area contributed by atoms with Crippen molar-refractivity contribution >= 4 is 23.9 Å². The Morgan fingerprint density at radius 3 is 1.57 bits per heavy atom. The summed E-state index contributed by atoms with van der Waals surface area (Å²) in [6.07, 6.45) is 15.8. The van der Waals surface area contributed by atoms with Crippen molar-refractivity contribution in [1.29, 1.82) is 0 Å². The number of carboxylic acid groups (broad SMARTS) is 2. The number of hydrogen-bond acceptors (Lipinski definition) is 13. The summed E-state index contributed by atoms with van der Waals surface area (Å²) >= 11 is 0. The van der Waals surface area contributed by atoms with Crippen LogP contribution < -0.4 is 34.7 Å². The van der Waals surface area contributed by atoms with E-state index in [1.165, 1.54) is 12.1 Å². The number of ether oxygens (including phenoxy) is 6. The van der Waals surface area contributed by atoms with Crippen molar-refractivity contribution in [2.45, 2.75) is 282 Å². The van der Waals surface area contributed by atoms with Gasteiger partial charge >= 0.3 is 53.4 Å². The second kappa shape index (κ2) is 31.0. The number of aliphatic hydroxyl groups is 1. The molecule has 4 fully saturated rings. The molecule has 7 rings (SSSR count). The number of cyclic esters (lactones) is 2. The average Bonchev–Trinajstić information content (AvgIpc) is 3.42. The molecule has 442 valence electrons. The molecule has 4 N–H and O–H groups in total. The molecule has 0 aromatic heterocycles. The zero-order chi connectivity index (χ0) is 56.9. The number of aryl methyl sites for hydroxylation is 2. The van der Waals surface area contributed by atoms with Gasteiger partial charge < -0.3 is 54.0 Å². The van der Waals surface area contributed by atoms with E-state index in [0.717, 1.165) is 83.5 Å². The van der Waals surface area contributed by atoms with Gasteiger partial charge in [0.15, 0.2) is 0 Å². The fraction of sp³-hybridized carbons (Fsp3) is 0.750. The van der Waals surface area contributed by atoms with Crippen LogP contribution in [0.1, 0.15) is 234 Å². The maximum Gasteiger partial charge on any atom is 1.00 e. The third kappa shape index (κ3) is 18.4. The zero-order valence-electron chi connectivity index (χ0n) is 49.3. The molecule has 80 heavy (non-hydrogen) atoms. The van der Waals surface area contributed by atoms with E-state index in [2.05, 4.69) is 6.92 Å². The predicted octanol–water partition coefficient (Wildman–Crippen LogP) is 9.00. The minimum Gasteiger partial charge on any atom is -0.872 e. The number of fused-ring (bicyclic) bond motifs is 6. The molecule has 15 nitrogen and oxygen atoms in total. The minimum absolute atomic E-state index is 0. The van der Waals surface area contributed by atoms with Crippen LogP contribution >= 0.6 is 0 Å². The van der Waals surface area contributed by atoms with Crippen molar-refractivity contribution in [2.24, 2.45) is 22.7 Å². The molecule has 5 aliphatic rings. The minimum atomic E-state index is -1.08. The van der Waals surface area contributed by atoms with E-state index < -0.39 is 59.1 Å². The van der Waals surface area contributed by atoms with E-state index in [0.29, 0.717) is 88.2 Å². The molecule has 0 spiro atoms. The Balaban J connectivity index is 0.0000103. The van der Waals surface area contributed by atoms with Crippen molar-refractivity contribution in [2.75, 3.05) is 0 Å². The Morgan fingerprint density at radius 1 is 0.562 bits per heavy atom. The summed E-state index contributed by atoms with van der Waals surface area (Å²) in [6.45, 7) is 10.9. The number of hydrogen-bond donors (Lipinski definition) is 4. The molecule has 0 aliphatic carbocycles. The third-order valence-corrected chi connectivity index (χ3v) is 18.6. The second-order valence-corrected chi connectivity index (χ2v) is 25.5. The van der Waals surface area contributed by atoms with Crippen LogP contribution in [0, 0.1) is 22.7 Å². The van der Waals surface area contributed by atoms with Gasteiger partial charge in [-0.15, -0.1) is 0 Å². The van der Waals surface area contributed by atoms with E-state index in [4.69, 9.17) is 28.4 Å². The topological polar surface area (TPSA) is 228 Å². The first-order valence-electron chi connectivity index (χ1n) is 30.5. The molecule has 2 aromatic carbocycles. The van der Waals surface area contributed by atoms with E-state index in [9.17, 15) is 44.7 Å². The molecular weight excluding hydrogens is 1030 g/mol. The van der Waals surface area contributed by atoms with Crippen molar-refractivity contribution < 1.29 is 103 Å². The van der Waals surface area contributed by atoms with Gasteiger partial charge in [0.05, 0.1) is 71.3 Å². The van der Waals surface area contributed by atoms with Gasteiger partial charge in [-0.1, -0.05) is 49.9 Å².